The quantitative estimate of drug-likeness (QED) is 0.662. The Bertz CT molecular complexity index is 536. The third kappa shape index (κ3) is 4.52. The Kier molecular flexibility index (Phi) is 4.94. The molecule has 3 nitrogen and oxygen atoms in total. The first-order valence-electron chi connectivity index (χ1n) is 5.77. The first-order chi connectivity index (χ1) is 8.33. The smallest absolute Gasteiger partial charge is 0.153 e. The third-order valence-electron chi connectivity index (χ3n) is 2.77. The monoisotopic (exact) mass is 265 g/mol. The van der Waals surface area contributed by atoms with Crippen LogP contribution < -0.4 is 5.32 Å². The molecule has 18 heavy (non-hydrogen) atoms. The van der Waals surface area contributed by atoms with E-state index in [9.17, 15) is 8.42 Å². The van der Waals surface area contributed by atoms with Crippen molar-refractivity contribution < 1.29 is 8.42 Å². The van der Waals surface area contributed by atoms with Gasteiger partial charge in [-0.1, -0.05) is 30.0 Å². The van der Waals surface area contributed by atoms with Gasteiger partial charge in [-0.15, -0.1) is 0 Å². The Morgan fingerprint density at radius 1 is 1.22 bits per heavy atom. The summed E-state index contributed by atoms with van der Waals surface area (Å²) in [6.07, 6.45) is 1.25. The maximum atomic E-state index is 11.5. The van der Waals surface area contributed by atoms with E-state index in [1.54, 1.807) is 13.8 Å². The van der Waals surface area contributed by atoms with Gasteiger partial charge in [-0.05, 0) is 26.0 Å². The van der Waals surface area contributed by atoms with Gasteiger partial charge in [-0.2, -0.15) is 0 Å². The molecule has 0 atom stereocenters. The van der Waals surface area contributed by atoms with Crippen LogP contribution in [0.2, 0.25) is 0 Å². The normalized spacial score (nSPS) is 11.7. The molecule has 1 rings (SSSR count). The Morgan fingerprint density at radius 2 is 1.83 bits per heavy atom. The summed E-state index contributed by atoms with van der Waals surface area (Å²) in [4.78, 5) is 0. The second-order valence-electron chi connectivity index (χ2n) is 4.80. The molecule has 4 heteroatoms. The minimum Gasteiger partial charge on any atom is -0.305 e. The molecule has 0 spiro atoms. The number of benzene rings is 1. The van der Waals surface area contributed by atoms with E-state index in [1.165, 1.54) is 6.26 Å². The molecule has 0 fully saturated rings. The van der Waals surface area contributed by atoms with E-state index in [4.69, 9.17) is 0 Å². The molecule has 0 unspecified atom stereocenters. The molecule has 0 aliphatic rings. The molecule has 0 heterocycles. The lowest BCUT2D eigenvalue weighted by Gasteiger charge is -2.22. The standard InChI is InChI=1S/C14H19NO2S/c1-14(2,18(3,16)17)12-15-11-7-10-13-8-5-4-6-9-13/h4-6,8-9,15H,11-12H2,1-3H3. The van der Waals surface area contributed by atoms with Crippen molar-refractivity contribution in [1.29, 1.82) is 0 Å². The van der Waals surface area contributed by atoms with Crippen molar-refractivity contribution in [2.45, 2.75) is 18.6 Å². The van der Waals surface area contributed by atoms with Crippen LogP contribution in [0.15, 0.2) is 30.3 Å². The van der Waals surface area contributed by atoms with Crippen molar-refractivity contribution in [3.8, 4) is 11.8 Å². The summed E-state index contributed by atoms with van der Waals surface area (Å²) < 4.78 is 22.2. The van der Waals surface area contributed by atoms with Crippen LogP contribution >= 0.6 is 0 Å². The van der Waals surface area contributed by atoms with Crippen LogP contribution in [0.5, 0.6) is 0 Å². The topological polar surface area (TPSA) is 46.2 Å². The van der Waals surface area contributed by atoms with Gasteiger partial charge in [0, 0.05) is 18.4 Å². The van der Waals surface area contributed by atoms with Crippen LogP contribution in [0, 0.1) is 11.8 Å². The van der Waals surface area contributed by atoms with Crippen molar-refractivity contribution in [1.82, 2.24) is 5.32 Å². The fraction of sp³-hybridized carbons (Fsp3) is 0.429. The van der Waals surface area contributed by atoms with Crippen LogP contribution in [0.25, 0.3) is 0 Å². The second kappa shape index (κ2) is 6.03. The largest absolute Gasteiger partial charge is 0.305 e. The molecule has 0 aliphatic carbocycles. The van der Waals surface area contributed by atoms with Gasteiger partial charge in [0.05, 0.1) is 11.3 Å². The molecule has 98 valence electrons. The molecular formula is C14H19NO2S. The summed E-state index contributed by atoms with van der Waals surface area (Å²) >= 11 is 0. The van der Waals surface area contributed by atoms with Gasteiger partial charge < -0.3 is 5.32 Å². The highest BCUT2D eigenvalue weighted by molar-refractivity contribution is 7.92. The molecule has 0 bridgehead atoms. The average Bonchev–Trinajstić information content (AvgIpc) is 2.28. The number of sulfone groups is 1. The molecule has 0 aromatic heterocycles. The van der Waals surface area contributed by atoms with E-state index in [0.29, 0.717) is 13.1 Å². The Labute approximate surface area is 110 Å². The van der Waals surface area contributed by atoms with Gasteiger partial charge in [-0.25, -0.2) is 8.42 Å². The molecule has 0 amide bonds. The van der Waals surface area contributed by atoms with Crippen molar-refractivity contribution in [3.63, 3.8) is 0 Å². The van der Waals surface area contributed by atoms with E-state index in [-0.39, 0.29) is 0 Å². The van der Waals surface area contributed by atoms with Crippen molar-refractivity contribution in [2.24, 2.45) is 0 Å². The summed E-state index contributed by atoms with van der Waals surface area (Å²) in [6.45, 7) is 4.29. The molecule has 1 N–H and O–H groups in total. The van der Waals surface area contributed by atoms with Gasteiger partial charge in [0.2, 0.25) is 0 Å². The van der Waals surface area contributed by atoms with Gasteiger partial charge in [0.1, 0.15) is 0 Å². The molecule has 0 radical (unpaired) electrons. The van der Waals surface area contributed by atoms with Crippen molar-refractivity contribution >= 4 is 9.84 Å². The fourth-order valence-corrected chi connectivity index (χ4v) is 1.59. The molecule has 1 aromatic rings. The summed E-state index contributed by atoms with van der Waals surface area (Å²) in [5.74, 6) is 5.98. The van der Waals surface area contributed by atoms with Crippen molar-refractivity contribution in [2.75, 3.05) is 19.3 Å². The lowest BCUT2D eigenvalue weighted by molar-refractivity contribution is 0.533. The van der Waals surface area contributed by atoms with Gasteiger partial charge in [0.15, 0.2) is 9.84 Å². The Balaban J connectivity index is 2.43. The van der Waals surface area contributed by atoms with E-state index >= 15 is 0 Å². The fourth-order valence-electron chi connectivity index (χ4n) is 1.22. The highest BCUT2D eigenvalue weighted by Gasteiger charge is 2.29. The molecule has 0 saturated heterocycles. The zero-order valence-corrected chi connectivity index (χ0v) is 11.8. The summed E-state index contributed by atoms with van der Waals surface area (Å²) in [7, 11) is -3.05. The second-order valence-corrected chi connectivity index (χ2v) is 7.45. The van der Waals surface area contributed by atoms with Crippen LogP contribution in [0.1, 0.15) is 19.4 Å². The highest BCUT2D eigenvalue weighted by atomic mass is 32.2. The summed E-state index contributed by atoms with van der Waals surface area (Å²) in [6, 6.07) is 9.69. The molecular weight excluding hydrogens is 246 g/mol. The van der Waals surface area contributed by atoms with Gasteiger partial charge >= 0.3 is 0 Å². The number of hydrogen-bond donors (Lipinski definition) is 1. The molecule has 0 saturated carbocycles. The van der Waals surface area contributed by atoms with E-state index in [0.717, 1.165) is 5.56 Å². The minimum atomic E-state index is -3.05. The average molecular weight is 265 g/mol. The first kappa shape index (κ1) is 14.7. The maximum Gasteiger partial charge on any atom is 0.153 e. The maximum absolute atomic E-state index is 11.5. The van der Waals surface area contributed by atoms with Crippen LogP contribution in [-0.2, 0) is 9.84 Å². The zero-order valence-electron chi connectivity index (χ0n) is 11.0. The van der Waals surface area contributed by atoms with Crippen LogP contribution in [-0.4, -0.2) is 32.5 Å². The van der Waals surface area contributed by atoms with E-state index in [2.05, 4.69) is 17.2 Å². The van der Waals surface area contributed by atoms with Crippen LogP contribution in [0.3, 0.4) is 0 Å². The lowest BCUT2D eigenvalue weighted by Crippen LogP contribution is -2.41. The Hall–Kier alpha value is -1.31. The number of rotatable bonds is 4. The van der Waals surface area contributed by atoms with Crippen LogP contribution in [0.4, 0.5) is 0 Å². The first-order valence-corrected chi connectivity index (χ1v) is 7.66. The molecule has 1 aromatic carbocycles. The predicted molar refractivity (Wildman–Crippen MR) is 75.1 cm³/mol. The van der Waals surface area contributed by atoms with E-state index < -0.39 is 14.6 Å². The number of hydrogen-bond acceptors (Lipinski definition) is 3. The zero-order chi connectivity index (χ0) is 13.6. The minimum absolute atomic E-state index is 0.398. The SMILES string of the molecule is CC(C)(CNCC#Cc1ccccc1)S(C)(=O)=O. The van der Waals surface area contributed by atoms with E-state index in [1.807, 2.05) is 30.3 Å². The summed E-state index contributed by atoms with van der Waals surface area (Å²) in [5.41, 5.74) is 0.960. The summed E-state index contributed by atoms with van der Waals surface area (Å²) in [5, 5.41) is 3.05. The third-order valence-corrected chi connectivity index (χ3v) is 4.93. The highest BCUT2D eigenvalue weighted by Crippen LogP contribution is 2.12. The predicted octanol–water partition coefficient (Wildman–Crippen LogP) is 1.45. The van der Waals surface area contributed by atoms with Crippen molar-refractivity contribution in [3.05, 3.63) is 35.9 Å². The Morgan fingerprint density at radius 3 is 2.39 bits per heavy atom. The lowest BCUT2D eigenvalue weighted by atomic mass is 10.2. The van der Waals surface area contributed by atoms with Gasteiger partial charge in [0.25, 0.3) is 0 Å². The van der Waals surface area contributed by atoms with Gasteiger partial charge in [-0.3, -0.25) is 0 Å². The molecule has 0 aliphatic heterocycles. The number of nitrogens with one attached hydrogen (secondary N) is 1.